The molecule has 210 valence electrons. The molecule has 11 heteroatoms. The van der Waals surface area contributed by atoms with Crippen molar-refractivity contribution < 1.29 is 22.8 Å². The Labute approximate surface area is 243 Å². The van der Waals surface area contributed by atoms with Gasteiger partial charge in [0.15, 0.2) is 0 Å². The van der Waals surface area contributed by atoms with Gasteiger partial charge in [0.05, 0.1) is 5.56 Å². The number of unbranched alkanes of at least 4 members (excludes halogenated alkanes) is 1. The summed E-state index contributed by atoms with van der Waals surface area (Å²) >= 11 is 12.9. The average Bonchev–Trinajstić information content (AvgIpc) is 3.13. The molecule has 0 bridgehead atoms. The zero-order valence-electron chi connectivity index (χ0n) is 21.8. The first-order valence-electron chi connectivity index (χ1n) is 12.8. The molecule has 40 heavy (non-hydrogen) atoms. The van der Waals surface area contributed by atoms with Crippen LogP contribution in [0.3, 0.4) is 0 Å². The van der Waals surface area contributed by atoms with Crippen molar-refractivity contribution in [3.05, 3.63) is 99.5 Å². The van der Waals surface area contributed by atoms with Crippen LogP contribution in [0.4, 0.5) is 0 Å². The zero-order valence-corrected chi connectivity index (χ0v) is 24.2. The van der Waals surface area contributed by atoms with E-state index in [9.17, 15) is 22.8 Å². The summed E-state index contributed by atoms with van der Waals surface area (Å²) in [5.74, 6) is -1.95. The number of fused-ring (bicyclic) bond motifs is 1. The van der Waals surface area contributed by atoms with E-state index in [0.29, 0.717) is 16.4 Å². The van der Waals surface area contributed by atoms with Gasteiger partial charge in [0.1, 0.15) is 17.5 Å². The van der Waals surface area contributed by atoms with Crippen molar-refractivity contribution in [1.29, 1.82) is 0 Å². The van der Waals surface area contributed by atoms with Crippen molar-refractivity contribution in [2.75, 3.05) is 13.1 Å². The Kier molecular flexibility index (Phi) is 9.50. The second-order valence-corrected chi connectivity index (χ2v) is 12.0. The van der Waals surface area contributed by atoms with Crippen LogP contribution < -0.4 is 5.32 Å². The molecule has 4 rings (SSSR count). The van der Waals surface area contributed by atoms with E-state index in [1.165, 1.54) is 23.1 Å². The maximum absolute atomic E-state index is 14.0. The molecule has 1 N–H and O–H groups in total. The summed E-state index contributed by atoms with van der Waals surface area (Å²) in [6, 6.07) is 18.8. The van der Waals surface area contributed by atoms with Crippen molar-refractivity contribution >= 4 is 50.9 Å². The van der Waals surface area contributed by atoms with Crippen LogP contribution >= 0.6 is 23.2 Å². The molecule has 1 atom stereocenters. The lowest BCUT2D eigenvalue weighted by Crippen LogP contribution is -2.53. The predicted molar refractivity (Wildman–Crippen MR) is 154 cm³/mol. The molecule has 0 saturated carbocycles. The van der Waals surface area contributed by atoms with Crippen LogP contribution in [-0.4, -0.2) is 54.5 Å². The fraction of sp³-hybridized carbons (Fsp3) is 0.276. The molecule has 3 aromatic carbocycles. The van der Waals surface area contributed by atoms with Gasteiger partial charge in [0.25, 0.3) is 15.9 Å². The fourth-order valence-electron chi connectivity index (χ4n) is 4.51. The van der Waals surface area contributed by atoms with Crippen molar-refractivity contribution in [3.8, 4) is 0 Å². The zero-order chi connectivity index (χ0) is 28.9. The number of nitrogens with one attached hydrogen (secondary N) is 1. The van der Waals surface area contributed by atoms with Crippen molar-refractivity contribution in [3.63, 3.8) is 0 Å². The monoisotopic (exact) mass is 601 g/mol. The topological polar surface area (TPSA) is 104 Å². The number of rotatable bonds is 11. The molecule has 0 radical (unpaired) electrons. The summed E-state index contributed by atoms with van der Waals surface area (Å²) in [6.45, 7) is 1.44. The standard InChI is InChI=1S/C29H29Cl2N3O5S/c1-2-3-16-32-28(36)25(17-20-10-5-4-6-11-20)33(18-22-23(30)13-9-14-24(22)31)27(35)19-34-29(37)21-12-7-8-15-26(21)40(34,38)39/h4-15,25H,2-3,16-19H2,1H3,(H,32,36)/t25-/m0/s1. The Morgan fingerprint density at radius 2 is 1.60 bits per heavy atom. The number of carbonyl (C=O) groups excluding carboxylic acids is 3. The van der Waals surface area contributed by atoms with E-state index < -0.39 is 40.3 Å². The summed E-state index contributed by atoms with van der Waals surface area (Å²) in [4.78, 5) is 41.7. The number of hydrogen-bond acceptors (Lipinski definition) is 5. The number of hydrogen-bond donors (Lipinski definition) is 1. The van der Waals surface area contributed by atoms with E-state index in [1.54, 1.807) is 24.3 Å². The second-order valence-electron chi connectivity index (χ2n) is 9.38. The average molecular weight is 603 g/mol. The highest BCUT2D eigenvalue weighted by atomic mass is 35.5. The first kappa shape index (κ1) is 29.6. The molecule has 0 spiro atoms. The summed E-state index contributed by atoms with van der Waals surface area (Å²) < 4.78 is 27.0. The molecule has 3 aromatic rings. The Balaban J connectivity index is 1.73. The van der Waals surface area contributed by atoms with Crippen LogP contribution in [0, 0.1) is 0 Å². The second kappa shape index (κ2) is 12.8. The van der Waals surface area contributed by atoms with Crippen molar-refractivity contribution in [1.82, 2.24) is 14.5 Å². The smallest absolute Gasteiger partial charge is 0.269 e. The van der Waals surface area contributed by atoms with Gasteiger partial charge in [-0.05, 0) is 36.2 Å². The van der Waals surface area contributed by atoms with Crippen LogP contribution in [0.25, 0.3) is 0 Å². The van der Waals surface area contributed by atoms with Gasteiger partial charge >= 0.3 is 0 Å². The van der Waals surface area contributed by atoms with Crippen LogP contribution in [0.5, 0.6) is 0 Å². The summed E-state index contributed by atoms with van der Waals surface area (Å²) in [7, 11) is -4.25. The number of carbonyl (C=O) groups is 3. The molecule has 0 aliphatic carbocycles. The first-order chi connectivity index (χ1) is 19.1. The van der Waals surface area contributed by atoms with E-state index >= 15 is 0 Å². The molecule has 1 heterocycles. The summed E-state index contributed by atoms with van der Waals surface area (Å²) in [5.41, 5.74) is 1.19. The quantitative estimate of drug-likeness (QED) is 0.321. The number of halogens is 2. The molecular formula is C29H29Cl2N3O5S. The number of benzene rings is 3. The van der Waals surface area contributed by atoms with E-state index in [4.69, 9.17) is 23.2 Å². The van der Waals surface area contributed by atoms with Crippen LogP contribution in [0.2, 0.25) is 10.0 Å². The van der Waals surface area contributed by atoms with Gasteiger partial charge < -0.3 is 10.2 Å². The third-order valence-electron chi connectivity index (χ3n) is 6.68. The van der Waals surface area contributed by atoms with Gasteiger partial charge in [-0.1, -0.05) is 85.1 Å². The largest absolute Gasteiger partial charge is 0.354 e. The van der Waals surface area contributed by atoms with Crippen molar-refractivity contribution in [2.24, 2.45) is 0 Å². The highest BCUT2D eigenvalue weighted by molar-refractivity contribution is 7.90. The predicted octanol–water partition coefficient (Wildman–Crippen LogP) is 4.69. The van der Waals surface area contributed by atoms with Crippen LogP contribution in [-0.2, 0) is 32.6 Å². The van der Waals surface area contributed by atoms with E-state index in [-0.39, 0.29) is 33.5 Å². The Bertz CT molecular complexity index is 1490. The van der Waals surface area contributed by atoms with Crippen LogP contribution in [0.1, 0.15) is 41.3 Å². The van der Waals surface area contributed by atoms with Gasteiger partial charge in [-0.15, -0.1) is 0 Å². The minimum atomic E-state index is -4.25. The maximum atomic E-state index is 14.0. The lowest BCUT2D eigenvalue weighted by atomic mass is 10.0. The number of nitrogens with zero attached hydrogens (tertiary/aromatic N) is 2. The maximum Gasteiger partial charge on any atom is 0.269 e. The molecule has 1 aliphatic heterocycles. The number of amides is 3. The van der Waals surface area contributed by atoms with E-state index in [1.807, 2.05) is 37.3 Å². The first-order valence-corrected chi connectivity index (χ1v) is 15.0. The lowest BCUT2D eigenvalue weighted by molar-refractivity contribution is -0.141. The van der Waals surface area contributed by atoms with Gasteiger partial charge in [-0.25, -0.2) is 12.7 Å². The molecule has 0 aromatic heterocycles. The van der Waals surface area contributed by atoms with Crippen LogP contribution in [0.15, 0.2) is 77.7 Å². The minimum Gasteiger partial charge on any atom is -0.354 e. The Hall–Kier alpha value is -3.40. The summed E-state index contributed by atoms with van der Waals surface area (Å²) in [5, 5.41) is 3.46. The SMILES string of the molecule is CCCCNC(=O)[C@H](Cc1ccccc1)N(Cc1c(Cl)cccc1Cl)C(=O)CN1C(=O)c2ccccc2S1(=O)=O. The van der Waals surface area contributed by atoms with Gasteiger partial charge in [-0.2, -0.15) is 0 Å². The highest BCUT2D eigenvalue weighted by Crippen LogP contribution is 2.31. The molecule has 3 amide bonds. The molecular weight excluding hydrogens is 573 g/mol. The third-order valence-corrected chi connectivity index (χ3v) is 9.18. The fourth-order valence-corrected chi connectivity index (χ4v) is 6.55. The Morgan fingerprint density at radius 1 is 0.950 bits per heavy atom. The molecule has 0 saturated heterocycles. The normalized spacial score (nSPS) is 14.5. The van der Waals surface area contributed by atoms with E-state index in [2.05, 4.69) is 5.32 Å². The molecule has 0 fully saturated rings. The molecule has 8 nitrogen and oxygen atoms in total. The molecule has 0 unspecified atom stereocenters. The van der Waals surface area contributed by atoms with Crippen molar-refractivity contribution in [2.45, 2.75) is 43.7 Å². The van der Waals surface area contributed by atoms with E-state index in [0.717, 1.165) is 18.4 Å². The van der Waals surface area contributed by atoms with Gasteiger partial charge in [0.2, 0.25) is 11.8 Å². The third kappa shape index (κ3) is 6.32. The summed E-state index contributed by atoms with van der Waals surface area (Å²) in [6.07, 6.45) is 1.75. The number of sulfonamides is 1. The molecule has 1 aliphatic rings. The lowest BCUT2D eigenvalue weighted by Gasteiger charge is -2.33. The minimum absolute atomic E-state index is 0.00542. The van der Waals surface area contributed by atoms with Gasteiger partial charge in [-0.3, -0.25) is 14.4 Å². The van der Waals surface area contributed by atoms with Gasteiger partial charge in [0, 0.05) is 35.1 Å². The Morgan fingerprint density at radius 3 is 2.25 bits per heavy atom. The highest BCUT2D eigenvalue weighted by Gasteiger charge is 2.43.